The maximum absolute atomic E-state index is 9.48. The second kappa shape index (κ2) is 5.16. The van der Waals surface area contributed by atoms with Crippen LogP contribution in [0.1, 0.15) is 31.0 Å². The Labute approximate surface area is 108 Å². The third kappa shape index (κ3) is 2.31. The molecule has 0 aromatic heterocycles. The molecule has 4 heteroatoms. The molecule has 0 fully saturated rings. The van der Waals surface area contributed by atoms with Crippen LogP contribution in [0.4, 0.5) is 0 Å². The third-order valence-electron chi connectivity index (χ3n) is 3.65. The van der Waals surface area contributed by atoms with Crippen LogP contribution in [0.2, 0.25) is 0 Å². The Kier molecular flexibility index (Phi) is 3.78. The fraction of sp³-hybridized carbons (Fsp3) is 0.571. The minimum absolute atomic E-state index is 0.0454. The topological polar surface area (TPSA) is 64.7 Å². The number of aryl methyl sites for hydroxylation is 1. The van der Waals surface area contributed by atoms with Crippen LogP contribution in [0.25, 0.3) is 0 Å². The van der Waals surface area contributed by atoms with Crippen LogP contribution in [0.5, 0.6) is 11.5 Å². The Morgan fingerprint density at radius 2 is 1.89 bits per heavy atom. The third-order valence-corrected chi connectivity index (χ3v) is 3.65. The van der Waals surface area contributed by atoms with E-state index in [9.17, 15) is 5.11 Å². The van der Waals surface area contributed by atoms with Crippen molar-refractivity contribution >= 4 is 0 Å². The zero-order chi connectivity index (χ0) is 13.3. The summed E-state index contributed by atoms with van der Waals surface area (Å²) in [5.74, 6) is 1.89. The molecule has 1 aromatic carbocycles. The number of nitrogens with two attached hydrogens (primary N) is 1. The molecule has 18 heavy (non-hydrogen) atoms. The summed E-state index contributed by atoms with van der Waals surface area (Å²) in [6.45, 7) is 6.51. The zero-order valence-corrected chi connectivity index (χ0v) is 11.1. The Morgan fingerprint density at radius 1 is 1.28 bits per heavy atom. The molecule has 0 radical (unpaired) electrons. The first kappa shape index (κ1) is 13.2. The summed E-state index contributed by atoms with van der Waals surface area (Å²) in [7, 11) is 0. The average Bonchev–Trinajstić information content (AvgIpc) is 2.75. The maximum Gasteiger partial charge on any atom is 0.231 e. The fourth-order valence-corrected chi connectivity index (χ4v) is 2.39. The zero-order valence-electron chi connectivity index (χ0n) is 11.1. The monoisotopic (exact) mass is 251 g/mol. The van der Waals surface area contributed by atoms with Gasteiger partial charge in [0.15, 0.2) is 11.5 Å². The van der Waals surface area contributed by atoms with Crippen molar-refractivity contribution in [1.82, 2.24) is 0 Å². The van der Waals surface area contributed by atoms with Gasteiger partial charge in [-0.2, -0.15) is 0 Å². The number of hydrogen-bond donors (Lipinski definition) is 2. The average molecular weight is 251 g/mol. The van der Waals surface area contributed by atoms with E-state index < -0.39 is 0 Å². The summed E-state index contributed by atoms with van der Waals surface area (Å²) in [6, 6.07) is 3.70. The number of aliphatic hydroxyl groups excluding tert-OH is 1. The van der Waals surface area contributed by atoms with E-state index in [0.29, 0.717) is 5.92 Å². The van der Waals surface area contributed by atoms with E-state index in [4.69, 9.17) is 15.2 Å². The van der Waals surface area contributed by atoms with Crippen LogP contribution in [0.15, 0.2) is 12.1 Å². The van der Waals surface area contributed by atoms with Gasteiger partial charge in [-0.3, -0.25) is 0 Å². The molecule has 2 rings (SSSR count). The van der Waals surface area contributed by atoms with Crippen molar-refractivity contribution in [2.24, 2.45) is 17.6 Å². The van der Waals surface area contributed by atoms with Gasteiger partial charge in [0, 0.05) is 18.6 Å². The molecule has 100 valence electrons. The molecular weight excluding hydrogens is 230 g/mol. The molecular formula is C14H21NO3. The van der Waals surface area contributed by atoms with E-state index in [2.05, 4.69) is 13.8 Å². The molecule has 2 unspecified atom stereocenters. The molecule has 0 saturated heterocycles. The van der Waals surface area contributed by atoms with Crippen LogP contribution in [-0.2, 0) is 0 Å². The second-order valence-corrected chi connectivity index (χ2v) is 5.18. The predicted molar refractivity (Wildman–Crippen MR) is 69.6 cm³/mol. The Balaban J connectivity index is 2.32. The van der Waals surface area contributed by atoms with Gasteiger partial charge < -0.3 is 20.3 Å². The normalized spacial score (nSPS) is 17.0. The number of rotatable bonds is 4. The highest BCUT2D eigenvalue weighted by Crippen LogP contribution is 2.38. The van der Waals surface area contributed by atoms with E-state index in [1.165, 1.54) is 0 Å². The van der Waals surface area contributed by atoms with E-state index in [1.807, 2.05) is 19.1 Å². The van der Waals surface area contributed by atoms with Crippen molar-refractivity contribution in [3.05, 3.63) is 23.3 Å². The lowest BCUT2D eigenvalue weighted by Crippen LogP contribution is -2.29. The van der Waals surface area contributed by atoms with E-state index in [-0.39, 0.29) is 25.4 Å². The van der Waals surface area contributed by atoms with Crippen LogP contribution in [0, 0.1) is 18.8 Å². The summed E-state index contributed by atoms with van der Waals surface area (Å²) in [5.41, 5.74) is 8.38. The van der Waals surface area contributed by atoms with Crippen molar-refractivity contribution in [3.63, 3.8) is 0 Å². The lowest BCUT2D eigenvalue weighted by Gasteiger charge is -2.27. The van der Waals surface area contributed by atoms with Crippen molar-refractivity contribution in [2.45, 2.75) is 26.8 Å². The van der Waals surface area contributed by atoms with Crippen molar-refractivity contribution < 1.29 is 14.6 Å². The molecule has 4 nitrogen and oxygen atoms in total. The van der Waals surface area contributed by atoms with Gasteiger partial charge in [0.2, 0.25) is 6.79 Å². The van der Waals surface area contributed by atoms with Gasteiger partial charge in [0.05, 0.1) is 0 Å². The minimum atomic E-state index is -0.190. The molecule has 2 atom stereocenters. The minimum Gasteiger partial charge on any atom is -0.454 e. The highest BCUT2D eigenvalue weighted by atomic mass is 16.7. The first-order valence-corrected chi connectivity index (χ1v) is 6.31. The van der Waals surface area contributed by atoms with Gasteiger partial charge in [-0.05, 0) is 36.1 Å². The van der Waals surface area contributed by atoms with Gasteiger partial charge in [-0.1, -0.05) is 13.8 Å². The Hall–Kier alpha value is -1.26. The van der Waals surface area contributed by atoms with Gasteiger partial charge in [-0.15, -0.1) is 0 Å². The number of hydrogen-bond acceptors (Lipinski definition) is 4. The van der Waals surface area contributed by atoms with Crippen LogP contribution < -0.4 is 15.2 Å². The molecule has 1 aliphatic heterocycles. The largest absolute Gasteiger partial charge is 0.454 e. The fourth-order valence-electron chi connectivity index (χ4n) is 2.39. The molecule has 1 aromatic rings. The standard InChI is InChI=1S/C14H21NO3/c1-8(2)11(6-16)14(15)10-5-13-12(4-9(10)3)17-7-18-13/h4-5,8,11,14,16H,6-7,15H2,1-3H3. The lowest BCUT2D eigenvalue weighted by atomic mass is 9.84. The van der Waals surface area contributed by atoms with Crippen LogP contribution in [0.3, 0.4) is 0 Å². The van der Waals surface area contributed by atoms with Crippen molar-refractivity contribution in [2.75, 3.05) is 13.4 Å². The number of benzene rings is 1. The Morgan fingerprint density at radius 3 is 2.44 bits per heavy atom. The quantitative estimate of drug-likeness (QED) is 0.859. The first-order valence-electron chi connectivity index (χ1n) is 6.31. The SMILES string of the molecule is Cc1cc2c(cc1C(N)C(CO)C(C)C)OCO2. The second-order valence-electron chi connectivity index (χ2n) is 5.18. The van der Waals surface area contributed by atoms with E-state index >= 15 is 0 Å². The summed E-state index contributed by atoms with van der Waals surface area (Å²) in [6.07, 6.45) is 0. The van der Waals surface area contributed by atoms with Gasteiger partial charge >= 0.3 is 0 Å². The molecule has 0 aliphatic carbocycles. The molecule has 0 amide bonds. The molecule has 1 heterocycles. The number of fused-ring (bicyclic) bond motifs is 1. The Bertz CT molecular complexity index is 431. The van der Waals surface area contributed by atoms with Gasteiger partial charge in [0.25, 0.3) is 0 Å². The molecule has 0 spiro atoms. The highest BCUT2D eigenvalue weighted by Gasteiger charge is 2.25. The summed E-state index contributed by atoms with van der Waals surface area (Å²) < 4.78 is 10.7. The molecule has 3 N–H and O–H groups in total. The summed E-state index contributed by atoms with van der Waals surface area (Å²) in [4.78, 5) is 0. The summed E-state index contributed by atoms with van der Waals surface area (Å²) >= 11 is 0. The van der Waals surface area contributed by atoms with Crippen LogP contribution >= 0.6 is 0 Å². The number of ether oxygens (including phenoxy) is 2. The van der Waals surface area contributed by atoms with Crippen molar-refractivity contribution in [1.29, 1.82) is 0 Å². The van der Waals surface area contributed by atoms with E-state index in [1.54, 1.807) is 0 Å². The molecule has 0 saturated carbocycles. The lowest BCUT2D eigenvalue weighted by molar-refractivity contribution is 0.165. The van der Waals surface area contributed by atoms with Crippen molar-refractivity contribution in [3.8, 4) is 11.5 Å². The predicted octanol–water partition coefficient (Wildman–Crippen LogP) is 1.99. The van der Waals surface area contributed by atoms with Crippen LogP contribution in [-0.4, -0.2) is 18.5 Å². The first-order chi connectivity index (χ1) is 8.54. The smallest absolute Gasteiger partial charge is 0.231 e. The van der Waals surface area contributed by atoms with Gasteiger partial charge in [0.1, 0.15) is 0 Å². The van der Waals surface area contributed by atoms with E-state index in [0.717, 1.165) is 22.6 Å². The molecule has 1 aliphatic rings. The molecule has 0 bridgehead atoms. The maximum atomic E-state index is 9.48. The van der Waals surface area contributed by atoms with Gasteiger partial charge in [-0.25, -0.2) is 0 Å². The summed E-state index contributed by atoms with van der Waals surface area (Å²) in [5, 5.41) is 9.48. The number of aliphatic hydroxyl groups is 1. The highest BCUT2D eigenvalue weighted by molar-refractivity contribution is 5.49.